The van der Waals surface area contributed by atoms with Gasteiger partial charge in [-0.25, -0.2) is 8.42 Å². The molecule has 2 aliphatic rings. The standard InChI is InChI=1S/C18H28N4O4S/c1-27(24,25)22(9-8-20-10-12-26-13-11-20)17-5-3-7-21(15-17)18(23)16-4-2-6-19-14-16/h2,4,6,14,17H,3,5,7-13,15H2,1H3. The van der Waals surface area contributed by atoms with Gasteiger partial charge in [0, 0.05) is 57.7 Å². The van der Waals surface area contributed by atoms with Crippen LogP contribution in [-0.2, 0) is 14.8 Å². The van der Waals surface area contributed by atoms with Crippen molar-refractivity contribution in [3.05, 3.63) is 30.1 Å². The minimum atomic E-state index is -3.35. The third-order valence-corrected chi connectivity index (χ3v) is 6.50. The average molecular weight is 397 g/mol. The molecule has 0 aliphatic carbocycles. The van der Waals surface area contributed by atoms with Gasteiger partial charge < -0.3 is 9.64 Å². The summed E-state index contributed by atoms with van der Waals surface area (Å²) in [5, 5.41) is 0. The van der Waals surface area contributed by atoms with Gasteiger partial charge in [0.15, 0.2) is 0 Å². The lowest BCUT2D eigenvalue weighted by Crippen LogP contribution is -2.53. The van der Waals surface area contributed by atoms with E-state index < -0.39 is 10.0 Å². The van der Waals surface area contributed by atoms with Gasteiger partial charge in [0.1, 0.15) is 0 Å². The zero-order chi connectivity index (χ0) is 19.3. The van der Waals surface area contributed by atoms with Crippen LogP contribution in [0.2, 0.25) is 0 Å². The third kappa shape index (κ3) is 5.47. The van der Waals surface area contributed by atoms with E-state index in [1.807, 2.05) is 0 Å². The molecule has 150 valence electrons. The number of amides is 1. The first kappa shape index (κ1) is 20.2. The average Bonchev–Trinajstić information content (AvgIpc) is 2.68. The maximum Gasteiger partial charge on any atom is 0.255 e. The van der Waals surface area contributed by atoms with E-state index in [1.54, 1.807) is 33.7 Å². The van der Waals surface area contributed by atoms with Crippen LogP contribution in [0.25, 0.3) is 0 Å². The fraction of sp³-hybridized carbons (Fsp3) is 0.667. The summed E-state index contributed by atoms with van der Waals surface area (Å²) in [6.45, 7) is 5.23. The number of morpholine rings is 1. The van der Waals surface area contributed by atoms with Gasteiger partial charge in [-0.05, 0) is 25.0 Å². The number of carbonyl (C=O) groups excluding carboxylic acids is 1. The number of rotatable bonds is 6. The number of sulfonamides is 1. The molecule has 9 heteroatoms. The van der Waals surface area contributed by atoms with E-state index in [1.165, 1.54) is 6.26 Å². The van der Waals surface area contributed by atoms with Crippen LogP contribution in [0.5, 0.6) is 0 Å². The molecule has 3 heterocycles. The molecule has 3 rings (SSSR count). The highest BCUT2D eigenvalue weighted by molar-refractivity contribution is 7.88. The smallest absolute Gasteiger partial charge is 0.255 e. The van der Waals surface area contributed by atoms with Gasteiger partial charge in [-0.15, -0.1) is 0 Å². The van der Waals surface area contributed by atoms with E-state index in [0.717, 1.165) is 25.9 Å². The Morgan fingerprint density at radius 2 is 2.11 bits per heavy atom. The number of nitrogens with zero attached hydrogens (tertiary/aromatic N) is 4. The first-order chi connectivity index (χ1) is 12.9. The molecule has 0 saturated carbocycles. The van der Waals surface area contributed by atoms with Crippen LogP contribution >= 0.6 is 0 Å². The number of piperidine rings is 1. The van der Waals surface area contributed by atoms with Gasteiger partial charge in [-0.3, -0.25) is 14.7 Å². The SMILES string of the molecule is CS(=O)(=O)N(CCN1CCOCC1)C1CCCN(C(=O)c2cccnc2)C1. The monoisotopic (exact) mass is 396 g/mol. The Balaban J connectivity index is 1.65. The summed E-state index contributed by atoms with van der Waals surface area (Å²) in [7, 11) is -3.35. The Labute approximate surface area is 161 Å². The van der Waals surface area contributed by atoms with Crippen molar-refractivity contribution in [3.8, 4) is 0 Å². The quantitative estimate of drug-likeness (QED) is 0.687. The molecule has 8 nitrogen and oxygen atoms in total. The summed E-state index contributed by atoms with van der Waals surface area (Å²) in [6.07, 6.45) is 6.01. The number of hydrogen-bond acceptors (Lipinski definition) is 6. The number of hydrogen-bond donors (Lipinski definition) is 0. The van der Waals surface area contributed by atoms with Crippen molar-refractivity contribution in [2.24, 2.45) is 0 Å². The number of pyridine rings is 1. The molecular formula is C18H28N4O4S. The molecule has 1 aromatic heterocycles. The number of ether oxygens (including phenoxy) is 1. The summed E-state index contributed by atoms with van der Waals surface area (Å²) in [5.74, 6) is -0.0885. The zero-order valence-corrected chi connectivity index (χ0v) is 16.6. The molecule has 1 atom stereocenters. The normalized spacial score (nSPS) is 22.1. The number of carbonyl (C=O) groups is 1. The van der Waals surface area contributed by atoms with Gasteiger partial charge in [-0.2, -0.15) is 4.31 Å². The Hall–Kier alpha value is -1.55. The van der Waals surface area contributed by atoms with E-state index in [2.05, 4.69) is 9.88 Å². The summed E-state index contributed by atoms with van der Waals surface area (Å²) in [4.78, 5) is 20.7. The van der Waals surface area contributed by atoms with Crippen LogP contribution in [0.1, 0.15) is 23.2 Å². The van der Waals surface area contributed by atoms with Gasteiger partial charge in [0.05, 0.1) is 25.0 Å². The van der Waals surface area contributed by atoms with Crippen molar-refractivity contribution in [2.75, 3.05) is 58.7 Å². The van der Waals surface area contributed by atoms with E-state index in [9.17, 15) is 13.2 Å². The topological polar surface area (TPSA) is 83.1 Å². The molecule has 1 unspecified atom stereocenters. The first-order valence-corrected chi connectivity index (χ1v) is 11.3. The van der Waals surface area contributed by atoms with E-state index in [4.69, 9.17) is 4.74 Å². The van der Waals surface area contributed by atoms with Gasteiger partial charge in [0.25, 0.3) is 5.91 Å². The first-order valence-electron chi connectivity index (χ1n) is 9.41. The Morgan fingerprint density at radius 3 is 2.78 bits per heavy atom. The van der Waals surface area contributed by atoms with Gasteiger partial charge >= 0.3 is 0 Å². The lowest BCUT2D eigenvalue weighted by atomic mass is 10.0. The summed E-state index contributed by atoms with van der Waals surface area (Å²) in [6, 6.07) is 3.29. The highest BCUT2D eigenvalue weighted by atomic mass is 32.2. The van der Waals surface area contributed by atoms with Crippen LogP contribution < -0.4 is 0 Å². The molecule has 0 bridgehead atoms. The largest absolute Gasteiger partial charge is 0.379 e. The Bertz CT molecular complexity index is 722. The van der Waals surface area contributed by atoms with Crippen molar-refractivity contribution in [1.29, 1.82) is 0 Å². The Kier molecular flexibility index (Phi) is 6.80. The second-order valence-electron chi connectivity index (χ2n) is 7.12. The second-order valence-corrected chi connectivity index (χ2v) is 9.05. The van der Waals surface area contributed by atoms with E-state index in [0.29, 0.717) is 45.0 Å². The lowest BCUT2D eigenvalue weighted by molar-refractivity contribution is 0.0334. The summed E-state index contributed by atoms with van der Waals surface area (Å²) in [5.41, 5.74) is 0.539. The van der Waals surface area contributed by atoms with Crippen molar-refractivity contribution < 1.29 is 17.9 Å². The Morgan fingerprint density at radius 1 is 1.33 bits per heavy atom. The van der Waals surface area contributed by atoms with E-state index >= 15 is 0 Å². The molecule has 1 amide bonds. The summed E-state index contributed by atoms with van der Waals surface area (Å²) < 4.78 is 31.8. The predicted molar refractivity (Wildman–Crippen MR) is 102 cm³/mol. The minimum Gasteiger partial charge on any atom is -0.379 e. The highest BCUT2D eigenvalue weighted by Crippen LogP contribution is 2.20. The molecule has 2 aliphatic heterocycles. The van der Waals surface area contributed by atoms with Crippen LogP contribution in [0.3, 0.4) is 0 Å². The number of likely N-dealkylation sites (tertiary alicyclic amines) is 1. The van der Waals surface area contributed by atoms with Crippen molar-refractivity contribution in [2.45, 2.75) is 18.9 Å². The molecule has 2 saturated heterocycles. The third-order valence-electron chi connectivity index (χ3n) is 5.17. The van der Waals surface area contributed by atoms with Crippen molar-refractivity contribution in [3.63, 3.8) is 0 Å². The summed E-state index contributed by atoms with van der Waals surface area (Å²) >= 11 is 0. The fourth-order valence-corrected chi connectivity index (χ4v) is 4.86. The van der Waals surface area contributed by atoms with Crippen LogP contribution in [0.15, 0.2) is 24.5 Å². The zero-order valence-electron chi connectivity index (χ0n) is 15.8. The number of aromatic nitrogens is 1. The fourth-order valence-electron chi connectivity index (χ4n) is 3.73. The molecule has 2 fully saturated rings. The van der Waals surface area contributed by atoms with Crippen LogP contribution in [0.4, 0.5) is 0 Å². The van der Waals surface area contributed by atoms with Crippen LogP contribution in [0, 0.1) is 0 Å². The second kappa shape index (κ2) is 9.09. The van der Waals surface area contributed by atoms with E-state index in [-0.39, 0.29) is 11.9 Å². The predicted octanol–water partition coefficient (Wildman–Crippen LogP) is 0.280. The lowest BCUT2D eigenvalue weighted by Gasteiger charge is -2.39. The molecule has 1 aromatic rings. The van der Waals surface area contributed by atoms with Gasteiger partial charge in [0.2, 0.25) is 10.0 Å². The maximum atomic E-state index is 12.7. The minimum absolute atomic E-state index is 0.0885. The molecule has 0 radical (unpaired) electrons. The maximum absolute atomic E-state index is 12.7. The molecule has 0 N–H and O–H groups in total. The molecule has 0 spiro atoms. The molecule has 27 heavy (non-hydrogen) atoms. The molecule has 0 aromatic carbocycles. The van der Waals surface area contributed by atoms with Gasteiger partial charge in [-0.1, -0.05) is 0 Å². The van der Waals surface area contributed by atoms with Crippen LogP contribution in [-0.4, -0.2) is 98.2 Å². The highest BCUT2D eigenvalue weighted by Gasteiger charge is 2.33. The van der Waals surface area contributed by atoms with Crippen molar-refractivity contribution in [1.82, 2.24) is 19.1 Å². The van der Waals surface area contributed by atoms with Crippen molar-refractivity contribution >= 4 is 15.9 Å². The molecular weight excluding hydrogens is 368 g/mol.